The van der Waals surface area contributed by atoms with E-state index in [9.17, 15) is 4.79 Å². The Balaban J connectivity index is 1.44. The Kier molecular flexibility index (Phi) is 6.51. The van der Waals surface area contributed by atoms with Crippen molar-refractivity contribution in [2.75, 3.05) is 36.8 Å². The summed E-state index contributed by atoms with van der Waals surface area (Å²) in [7, 11) is 0. The minimum atomic E-state index is 0.206. The van der Waals surface area contributed by atoms with Crippen molar-refractivity contribution in [3.05, 3.63) is 64.1 Å². The first-order chi connectivity index (χ1) is 12.1. The summed E-state index contributed by atoms with van der Waals surface area (Å²) in [6.07, 6.45) is 0. The van der Waals surface area contributed by atoms with Crippen molar-refractivity contribution in [1.29, 1.82) is 0 Å². The predicted molar refractivity (Wildman–Crippen MR) is 108 cm³/mol. The Morgan fingerprint density at radius 3 is 2.32 bits per heavy atom. The van der Waals surface area contributed by atoms with Gasteiger partial charge in [0.15, 0.2) is 0 Å². The van der Waals surface area contributed by atoms with E-state index < -0.39 is 0 Å². The minimum absolute atomic E-state index is 0.206. The number of thioether (sulfide) groups is 1. The van der Waals surface area contributed by atoms with E-state index in [0.29, 0.717) is 5.75 Å². The van der Waals surface area contributed by atoms with Crippen LogP contribution in [0.25, 0.3) is 0 Å². The van der Waals surface area contributed by atoms with Gasteiger partial charge in [-0.15, -0.1) is 11.8 Å². The molecule has 3 nitrogen and oxygen atoms in total. The Bertz CT molecular complexity index is 733. The number of nitrogens with zero attached hydrogens (tertiary/aromatic N) is 2. The number of halogens is 2. The van der Waals surface area contributed by atoms with Crippen LogP contribution < -0.4 is 4.90 Å². The van der Waals surface area contributed by atoms with Gasteiger partial charge in [0.25, 0.3) is 0 Å². The van der Waals surface area contributed by atoms with E-state index in [4.69, 9.17) is 23.2 Å². The highest BCUT2D eigenvalue weighted by atomic mass is 35.5. The zero-order valence-corrected chi connectivity index (χ0v) is 16.2. The topological polar surface area (TPSA) is 23.6 Å². The first-order valence-electron chi connectivity index (χ1n) is 8.22. The molecular formula is C19H20Cl2N2OS. The second-order valence-electron chi connectivity index (χ2n) is 5.97. The molecule has 1 heterocycles. The van der Waals surface area contributed by atoms with E-state index in [1.807, 2.05) is 47.4 Å². The van der Waals surface area contributed by atoms with Gasteiger partial charge in [0.2, 0.25) is 5.91 Å². The van der Waals surface area contributed by atoms with Crippen molar-refractivity contribution in [2.24, 2.45) is 0 Å². The number of amides is 1. The zero-order chi connectivity index (χ0) is 17.6. The second kappa shape index (κ2) is 8.84. The van der Waals surface area contributed by atoms with E-state index in [0.717, 1.165) is 53.2 Å². The molecular weight excluding hydrogens is 375 g/mol. The lowest BCUT2D eigenvalue weighted by atomic mass is 10.2. The molecule has 0 aliphatic carbocycles. The summed E-state index contributed by atoms with van der Waals surface area (Å²) in [6, 6.07) is 15.7. The fraction of sp³-hybridized carbons (Fsp3) is 0.316. The van der Waals surface area contributed by atoms with Crippen LogP contribution in [0.3, 0.4) is 0 Å². The van der Waals surface area contributed by atoms with Gasteiger partial charge < -0.3 is 9.80 Å². The van der Waals surface area contributed by atoms with E-state index >= 15 is 0 Å². The number of benzene rings is 2. The number of piperazine rings is 1. The van der Waals surface area contributed by atoms with Crippen molar-refractivity contribution in [2.45, 2.75) is 5.75 Å². The lowest BCUT2D eigenvalue weighted by Gasteiger charge is -2.36. The quantitative estimate of drug-likeness (QED) is 0.741. The maximum atomic E-state index is 12.4. The largest absolute Gasteiger partial charge is 0.368 e. The maximum absolute atomic E-state index is 12.4. The van der Waals surface area contributed by atoms with Gasteiger partial charge >= 0.3 is 0 Å². The van der Waals surface area contributed by atoms with Crippen molar-refractivity contribution in [3.8, 4) is 0 Å². The number of hydrogen-bond acceptors (Lipinski definition) is 3. The second-order valence-corrected chi connectivity index (χ2v) is 7.83. The minimum Gasteiger partial charge on any atom is -0.368 e. The first-order valence-corrected chi connectivity index (χ1v) is 10.1. The Morgan fingerprint density at radius 1 is 0.960 bits per heavy atom. The van der Waals surface area contributed by atoms with Gasteiger partial charge in [0, 0.05) is 47.7 Å². The Morgan fingerprint density at radius 2 is 1.64 bits per heavy atom. The third-order valence-corrected chi connectivity index (χ3v) is 5.65. The Labute approximate surface area is 162 Å². The molecule has 132 valence electrons. The van der Waals surface area contributed by atoms with Crippen LogP contribution in [0.2, 0.25) is 10.0 Å². The van der Waals surface area contributed by atoms with Crippen LogP contribution in [0.4, 0.5) is 5.69 Å². The van der Waals surface area contributed by atoms with Crippen LogP contribution in [0.15, 0.2) is 48.5 Å². The SMILES string of the molecule is O=C(CSCc1cccc(Cl)c1)N1CCN(c2cccc(Cl)c2)CC1. The molecule has 0 bridgehead atoms. The highest BCUT2D eigenvalue weighted by Gasteiger charge is 2.21. The fourth-order valence-electron chi connectivity index (χ4n) is 2.86. The van der Waals surface area contributed by atoms with Gasteiger partial charge in [-0.2, -0.15) is 0 Å². The predicted octanol–water partition coefficient (Wildman–Crippen LogP) is 4.58. The van der Waals surface area contributed by atoms with Gasteiger partial charge in [-0.05, 0) is 35.9 Å². The monoisotopic (exact) mass is 394 g/mol. The lowest BCUT2D eigenvalue weighted by Crippen LogP contribution is -2.49. The molecule has 2 aromatic rings. The molecule has 3 rings (SSSR count). The summed E-state index contributed by atoms with van der Waals surface area (Å²) in [5.74, 6) is 1.51. The average molecular weight is 395 g/mol. The number of carbonyl (C=O) groups is 1. The number of rotatable bonds is 5. The zero-order valence-electron chi connectivity index (χ0n) is 13.8. The molecule has 1 aliphatic heterocycles. The molecule has 0 unspecified atom stereocenters. The van der Waals surface area contributed by atoms with Crippen molar-refractivity contribution in [1.82, 2.24) is 4.90 Å². The van der Waals surface area contributed by atoms with E-state index in [2.05, 4.69) is 11.0 Å². The molecule has 1 saturated heterocycles. The lowest BCUT2D eigenvalue weighted by molar-refractivity contribution is -0.128. The summed E-state index contributed by atoms with van der Waals surface area (Å²) in [5, 5.41) is 1.48. The van der Waals surface area contributed by atoms with Crippen molar-refractivity contribution < 1.29 is 4.79 Å². The van der Waals surface area contributed by atoms with Gasteiger partial charge in [-0.3, -0.25) is 4.79 Å². The summed E-state index contributed by atoms with van der Waals surface area (Å²) in [4.78, 5) is 16.6. The number of anilines is 1. The van der Waals surface area contributed by atoms with Crippen LogP contribution in [-0.4, -0.2) is 42.7 Å². The molecule has 6 heteroatoms. The molecule has 0 spiro atoms. The standard InChI is InChI=1S/C19H20Cl2N2OS/c20-16-4-1-3-15(11-16)13-25-14-19(24)23-9-7-22(8-10-23)18-6-2-5-17(21)12-18/h1-6,11-12H,7-10,13-14H2. The molecule has 0 radical (unpaired) electrons. The van der Waals surface area contributed by atoms with Crippen LogP contribution in [0.1, 0.15) is 5.56 Å². The number of hydrogen-bond donors (Lipinski definition) is 0. The molecule has 1 fully saturated rings. The molecule has 0 N–H and O–H groups in total. The van der Waals surface area contributed by atoms with Gasteiger partial charge in [0.1, 0.15) is 0 Å². The van der Waals surface area contributed by atoms with Crippen molar-refractivity contribution in [3.63, 3.8) is 0 Å². The summed E-state index contributed by atoms with van der Waals surface area (Å²) < 4.78 is 0. The molecule has 1 amide bonds. The van der Waals surface area contributed by atoms with Gasteiger partial charge in [-0.25, -0.2) is 0 Å². The highest BCUT2D eigenvalue weighted by Crippen LogP contribution is 2.21. The molecule has 0 aromatic heterocycles. The van der Waals surface area contributed by atoms with Gasteiger partial charge in [0.05, 0.1) is 5.75 Å². The molecule has 25 heavy (non-hydrogen) atoms. The smallest absolute Gasteiger partial charge is 0.232 e. The van der Waals surface area contributed by atoms with Crippen LogP contribution >= 0.6 is 35.0 Å². The first kappa shape index (κ1) is 18.4. The molecule has 0 atom stereocenters. The fourth-order valence-corrected chi connectivity index (χ4v) is 4.13. The van der Waals surface area contributed by atoms with E-state index in [-0.39, 0.29) is 5.91 Å². The van der Waals surface area contributed by atoms with Gasteiger partial charge in [-0.1, -0.05) is 41.4 Å². The molecule has 0 saturated carbocycles. The van der Waals surface area contributed by atoms with E-state index in [1.54, 1.807) is 11.8 Å². The van der Waals surface area contributed by atoms with Crippen LogP contribution in [0.5, 0.6) is 0 Å². The molecule has 1 aliphatic rings. The third kappa shape index (κ3) is 5.30. The van der Waals surface area contributed by atoms with Crippen molar-refractivity contribution >= 4 is 46.6 Å². The summed E-state index contributed by atoms with van der Waals surface area (Å²) >= 11 is 13.7. The number of carbonyl (C=O) groups excluding carboxylic acids is 1. The summed E-state index contributed by atoms with van der Waals surface area (Å²) in [5.41, 5.74) is 2.27. The van der Waals surface area contributed by atoms with E-state index in [1.165, 1.54) is 0 Å². The van der Waals surface area contributed by atoms with Crippen LogP contribution in [0, 0.1) is 0 Å². The normalized spacial score (nSPS) is 14.6. The Hall–Kier alpha value is -1.36. The maximum Gasteiger partial charge on any atom is 0.232 e. The summed E-state index contributed by atoms with van der Waals surface area (Å²) in [6.45, 7) is 3.18. The van der Waals surface area contributed by atoms with Crippen LogP contribution in [-0.2, 0) is 10.5 Å². The third-order valence-electron chi connectivity index (χ3n) is 4.19. The molecule has 2 aromatic carbocycles. The average Bonchev–Trinajstić information content (AvgIpc) is 2.62. The highest BCUT2D eigenvalue weighted by molar-refractivity contribution is 7.99.